The van der Waals surface area contributed by atoms with Crippen molar-refractivity contribution in [3.8, 4) is 17.0 Å². The summed E-state index contributed by atoms with van der Waals surface area (Å²) in [6.45, 7) is 3.97. The molecule has 1 aromatic heterocycles. The Bertz CT molecular complexity index is 564. The fraction of sp³-hybridized carbons (Fsp3) is 0.250. The average molecular weight is 297 g/mol. The number of aryl methyl sites for hydroxylation is 1. The van der Waals surface area contributed by atoms with Crippen LogP contribution in [0.4, 0.5) is 5.88 Å². The normalized spacial score (nSPS) is 10.6. The summed E-state index contributed by atoms with van der Waals surface area (Å²) in [5.41, 5.74) is 9.22. The van der Waals surface area contributed by atoms with Crippen LogP contribution in [-0.2, 0) is 0 Å². The van der Waals surface area contributed by atoms with Crippen molar-refractivity contribution in [2.24, 2.45) is 0 Å². The number of anilines is 1. The Morgan fingerprint density at radius 3 is 2.59 bits per heavy atom. The number of nitrogen functional groups attached to an aromatic ring is 1. The number of halogens is 1. The van der Waals surface area contributed by atoms with Crippen LogP contribution in [-0.4, -0.2) is 12.3 Å². The summed E-state index contributed by atoms with van der Waals surface area (Å²) in [5.74, 6) is 1.08. The van der Waals surface area contributed by atoms with Gasteiger partial charge < -0.3 is 15.0 Å². The molecule has 0 amide bonds. The first kappa shape index (κ1) is 12.0. The van der Waals surface area contributed by atoms with Gasteiger partial charge in [0.05, 0.1) is 7.11 Å². The van der Waals surface area contributed by atoms with Gasteiger partial charge in [-0.15, -0.1) is 0 Å². The van der Waals surface area contributed by atoms with E-state index in [1.807, 2.05) is 19.9 Å². The highest BCUT2D eigenvalue weighted by Crippen LogP contribution is 2.39. The van der Waals surface area contributed by atoms with Crippen LogP contribution in [0.15, 0.2) is 21.1 Å². The third-order valence-corrected chi connectivity index (χ3v) is 3.48. The zero-order valence-corrected chi connectivity index (χ0v) is 11.5. The van der Waals surface area contributed by atoms with Crippen molar-refractivity contribution in [2.45, 2.75) is 13.8 Å². The molecule has 5 heteroatoms. The van der Waals surface area contributed by atoms with Crippen LogP contribution in [0, 0.1) is 13.8 Å². The monoisotopic (exact) mass is 296 g/mol. The molecule has 4 nitrogen and oxygen atoms in total. The molecular weight excluding hydrogens is 284 g/mol. The summed E-state index contributed by atoms with van der Waals surface area (Å²) in [6, 6.07) is 3.72. The molecule has 0 unspecified atom stereocenters. The van der Waals surface area contributed by atoms with Gasteiger partial charge in [-0.3, -0.25) is 0 Å². The topological polar surface area (TPSA) is 61.3 Å². The number of rotatable bonds is 2. The van der Waals surface area contributed by atoms with Crippen molar-refractivity contribution in [3.05, 3.63) is 27.7 Å². The number of hydrogen-bond donors (Lipinski definition) is 1. The maximum Gasteiger partial charge on any atom is 0.222 e. The van der Waals surface area contributed by atoms with Gasteiger partial charge in [0.15, 0.2) is 0 Å². The van der Waals surface area contributed by atoms with Crippen LogP contribution in [0.2, 0.25) is 0 Å². The molecular formula is C12H13BrN2O2. The van der Waals surface area contributed by atoms with Crippen molar-refractivity contribution in [2.75, 3.05) is 12.8 Å². The predicted molar refractivity (Wildman–Crippen MR) is 70.1 cm³/mol. The number of benzene rings is 1. The first-order valence-electron chi connectivity index (χ1n) is 5.11. The number of ether oxygens (including phenoxy) is 1. The zero-order valence-electron chi connectivity index (χ0n) is 9.87. The van der Waals surface area contributed by atoms with Crippen LogP contribution in [0.25, 0.3) is 11.3 Å². The minimum atomic E-state index is 0.294. The predicted octanol–water partition coefficient (Wildman–Crippen LogP) is 3.31. The summed E-state index contributed by atoms with van der Waals surface area (Å²) in [4.78, 5) is 0. The third-order valence-electron chi connectivity index (χ3n) is 2.65. The summed E-state index contributed by atoms with van der Waals surface area (Å²) >= 11 is 3.50. The van der Waals surface area contributed by atoms with Crippen molar-refractivity contribution >= 4 is 21.8 Å². The molecule has 0 aliphatic carbocycles. The van der Waals surface area contributed by atoms with Crippen LogP contribution in [0.3, 0.4) is 0 Å². The van der Waals surface area contributed by atoms with E-state index in [2.05, 4.69) is 21.1 Å². The van der Waals surface area contributed by atoms with E-state index in [1.165, 1.54) is 0 Å². The molecule has 2 rings (SSSR count). The number of nitrogens with two attached hydrogens (primary N) is 1. The molecule has 0 atom stereocenters. The summed E-state index contributed by atoms with van der Waals surface area (Å²) in [7, 11) is 1.64. The SMILES string of the molecule is COc1c(C)c(Br)cc(C)c1-c1cc(N)on1. The van der Waals surface area contributed by atoms with Gasteiger partial charge in [-0.2, -0.15) is 0 Å². The highest BCUT2D eigenvalue weighted by atomic mass is 79.9. The van der Waals surface area contributed by atoms with E-state index in [1.54, 1.807) is 13.2 Å². The van der Waals surface area contributed by atoms with Gasteiger partial charge >= 0.3 is 0 Å². The highest BCUT2D eigenvalue weighted by Gasteiger charge is 2.17. The maximum atomic E-state index is 5.55. The number of aromatic nitrogens is 1. The van der Waals surface area contributed by atoms with Crippen molar-refractivity contribution < 1.29 is 9.26 Å². The van der Waals surface area contributed by atoms with E-state index >= 15 is 0 Å². The van der Waals surface area contributed by atoms with Gasteiger partial charge in [-0.1, -0.05) is 21.1 Å². The van der Waals surface area contributed by atoms with Crippen molar-refractivity contribution in [3.63, 3.8) is 0 Å². The minimum absolute atomic E-state index is 0.294. The lowest BCUT2D eigenvalue weighted by molar-refractivity contribution is 0.410. The van der Waals surface area contributed by atoms with Gasteiger partial charge in [0, 0.05) is 21.7 Å². The Labute approximate surface area is 108 Å². The van der Waals surface area contributed by atoms with Crippen LogP contribution in [0.1, 0.15) is 11.1 Å². The summed E-state index contributed by atoms with van der Waals surface area (Å²) in [6.07, 6.45) is 0. The average Bonchev–Trinajstić information content (AvgIpc) is 2.69. The molecule has 1 heterocycles. The Hall–Kier alpha value is -1.49. The largest absolute Gasteiger partial charge is 0.496 e. The third kappa shape index (κ3) is 2.02. The standard InChI is InChI=1S/C12H13BrN2O2/c1-6-4-8(13)7(2)12(16-3)11(6)9-5-10(14)17-15-9/h4-5H,14H2,1-3H3. The molecule has 90 valence electrons. The van der Waals surface area contributed by atoms with E-state index in [0.717, 1.165) is 26.9 Å². The van der Waals surface area contributed by atoms with Gasteiger partial charge in [-0.25, -0.2) is 0 Å². The van der Waals surface area contributed by atoms with E-state index in [0.29, 0.717) is 11.6 Å². The Balaban J connectivity index is 2.72. The van der Waals surface area contributed by atoms with Gasteiger partial charge in [0.2, 0.25) is 5.88 Å². The van der Waals surface area contributed by atoms with E-state index in [-0.39, 0.29) is 0 Å². The maximum absolute atomic E-state index is 5.55. The molecule has 2 N–H and O–H groups in total. The van der Waals surface area contributed by atoms with E-state index in [9.17, 15) is 0 Å². The second-order valence-electron chi connectivity index (χ2n) is 3.82. The van der Waals surface area contributed by atoms with Gasteiger partial charge in [0.1, 0.15) is 11.4 Å². The molecule has 2 aromatic rings. The first-order chi connectivity index (χ1) is 8.04. The summed E-state index contributed by atoms with van der Waals surface area (Å²) in [5, 5.41) is 3.93. The Morgan fingerprint density at radius 2 is 2.06 bits per heavy atom. The lowest BCUT2D eigenvalue weighted by Gasteiger charge is -2.13. The van der Waals surface area contributed by atoms with Gasteiger partial charge in [-0.05, 0) is 25.5 Å². The molecule has 0 saturated heterocycles. The second-order valence-corrected chi connectivity index (χ2v) is 4.68. The molecule has 1 aromatic carbocycles. The molecule has 0 aliphatic rings. The van der Waals surface area contributed by atoms with Crippen molar-refractivity contribution in [1.29, 1.82) is 0 Å². The Morgan fingerprint density at radius 1 is 1.35 bits per heavy atom. The minimum Gasteiger partial charge on any atom is -0.496 e. The quantitative estimate of drug-likeness (QED) is 0.923. The second kappa shape index (κ2) is 4.41. The number of hydrogen-bond acceptors (Lipinski definition) is 4. The smallest absolute Gasteiger partial charge is 0.222 e. The van der Waals surface area contributed by atoms with Crippen LogP contribution < -0.4 is 10.5 Å². The lowest BCUT2D eigenvalue weighted by atomic mass is 10.0. The molecule has 0 aliphatic heterocycles. The molecule has 0 saturated carbocycles. The van der Waals surface area contributed by atoms with E-state index in [4.69, 9.17) is 15.0 Å². The molecule has 0 fully saturated rings. The molecule has 0 spiro atoms. The zero-order chi connectivity index (χ0) is 12.6. The number of nitrogens with zero attached hydrogens (tertiary/aromatic N) is 1. The fourth-order valence-electron chi connectivity index (χ4n) is 1.83. The van der Waals surface area contributed by atoms with E-state index < -0.39 is 0 Å². The first-order valence-corrected chi connectivity index (χ1v) is 5.90. The van der Waals surface area contributed by atoms with Gasteiger partial charge in [0.25, 0.3) is 0 Å². The fourth-order valence-corrected chi connectivity index (χ4v) is 2.35. The van der Waals surface area contributed by atoms with Crippen LogP contribution in [0.5, 0.6) is 5.75 Å². The Kier molecular flexibility index (Phi) is 3.11. The molecule has 17 heavy (non-hydrogen) atoms. The van der Waals surface area contributed by atoms with Crippen LogP contribution >= 0.6 is 15.9 Å². The highest BCUT2D eigenvalue weighted by molar-refractivity contribution is 9.10. The van der Waals surface area contributed by atoms with Crippen molar-refractivity contribution in [1.82, 2.24) is 5.16 Å². The molecule has 0 radical (unpaired) electrons. The number of methoxy groups -OCH3 is 1. The molecule has 0 bridgehead atoms. The summed E-state index contributed by atoms with van der Waals surface area (Å²) < 4.78 is 11.4. The lowest BCUT2D eigenvalue weighted by Crippen LogP contribution is -1.95.